The summed E-state index contributed by atoms with van der Waals surface area (Å²) in [5.41, 5.74) is 0.384. The Bertz CT molecular complexity index is 960. The highest BCUT2D eigenvalue weighted by Gasteiger charge is 2.18. The van der Waals surface area contributed by atoms with E-state index in [9.17, 15) is 14.4 Å². The van der Waals surface area contributed by atoms with Crippen LogP contribution in [0.1, 0.15) is 50.7 Å². The summed E-state index contributed by atoms with van der Waals surface area (Å²) in [6.45, 7) is 8.36. The summed E-state index contributed by atoms with van der Waals surface area (Å²) in [7, 11) is 0. The number of fused-ring (bicyclic) bond motifs is 2. The van der Waals surface area contributed by atoms with Crippen LogP contribution in [-0.2, 0) is 0 Å². The first-order valence-corrected chi connectivity index (χ1v) is 7.30. The van der Waals surface area contributed by atoms with Gasteiger partial charge in [-0.15, -0.1) is 0 Å². The van der Waals surface area contributed by atoms with Crippen molar-refractivity contribution in [2.45, 2.75) is 39.5 Å². The molecule has 0 saturated carbocycles. The molecule has 0 saturated heterocycles. The Labute approximate surface area is 126 Å². The van der Waals surface area contributed by atoms with Crippen molar-refractivity contribution in [2.75, 3.05) is 0 Å². The minimum Gasteiger partial charge on any atom is -0.283 e. The van der Waals surface area contributed by atoms with Crippen LogP contribution in [0.3, 0.4) is 0 Å². The lowest BCUT2D eigenvalue weighted by Gasteiger charge is -2.16. The highest BCUT2D eigenvalue weighted by atomic mass is 16.2. The zero-order valence-corrected chi connectivity index (χ0v) is 12.9. The van der Waals surface area contributed by atoms with Crippen molar-refractivity contribution in [2.24, 2.45) is 0 Å². The Morgan fingerprint density at radius 3 is 1.36 bits per heavy atom. The molecular formula is C17H16N2O3. The maximum absolute atomic E-state index is 11.8. The Hall–Kier alpha value is -2.43. The molecule has 0 radical (unpaired) electrons. The fourth-order valence-electron chi connectivity index (χ4n) is 2.77. The summed E-state index contributed by atoms with van der Waals surface area (Å²) in [4.78, 5) is 43.5. The molecule has 2 aromatic carbocycles. The largest absolute Gasteiger partial charge is 0.283 e. The van der Waals surface area contributed by atoms with Gasteiger partial charge < -0.3 is 0 Å². The molecule has 0 spiro atoms. The van der Waals surface area contributed by atoms with E-state index in [4.69, 9.17) is 0 Å². The van der Waals surface area contributed by atoms with E-state index in [0.29, 0.717) is 22.9 Å². The van der Waals surface area contributed by atoms with E-state index in [1.807, 2.05) is 12.1 Å². The fraction of sp³-hybridized carbons (Fsp3) is 0.353. The molecule has 0 aliphatic rings. The van der Waals surface area contributed by atoms with Crippen LogP contribution in [0.2, 0.25) is 0 Å². The van der Waals surface area contributed by atoms with Crippen molar-refractivity contribution in [3.8, 4) is 0 Å². The van der Waals surface area contributed by atoms with Gasteiger partial charge in [0.15, 0.2) is 0 Å². The predicted octanol–water partition coefficient (Wildman–Crippen LogP) is 1.99. The van der Waals surface area contributed by atoms with Gasteiger partial charge in [-0.25, -0.2) is 9.97 Å². The molecule has 5 heteroatoms. The average molecular weight is 296 g/mol. The first-order chi connectivity index (χ1) is 10.3. The van der Waals surface area contributed by atoms with Gasteiger partial charge >= 0.3 is 0 Å². The van der Waals surface area contributed by atoms with Gasteiger partial charge in [-0.3, -0.25) is 14.4 Å². The average Bonchev–Trinajstić information content (AvgIpc) is 2.68. The van der Waals surface area contributed by atoms with Gasteiger partial charge in [0.1, 0.15) is 11.0 Å². The molecule has 22 heavy (non-hydrogen) atoms. The first-order valence-electron chi connectivity index (χ1n) is 7.30. The normalized spacial score (nSPS) is 12.1. The molecule has 0 amide bonds. The van der Waals surface area contributed by atoms with Crippen LogP contribution in [0.15, 0.2) is 26.5 Å². The SMILES string of the molecule is CC(C)c1cc2nc3c(=O)c(=O)c(=O)c3nc2cc1C(C)C. The highest BCUT2D eigenvalue weighted by Crippen LogP contribution is 2.29. The lowest BCUT2D eigenvalue weighted by Crippen LogP contribution is -2.29. The van der Waals surface area contributed by atoms with E-state index in [1.165, 1.54) is 0 Å². The molecule has 3 aromatic rings. The lowest BCUT2D eigenvalue weighted by atomic mass is 9.90. The predicted molar refractivity (Wildman–Crippen MR) is 86.4 cm³/mol. The Kier molecular flexibility index (Phi) is 3.16. The number of hydrogen-bond donors (Lipinski definition) is 0. The van der Waals surface area contributed by atoms with Crippen LogP contribution in [0.25, 0.3) is 22.1 Å². The highest BCUT2D eigenvalue weighted by molar-refractivity contribution is 5.87. The van der Waals surface area contributed by atoms with Gasteiger partial charge in [-0.05, 0) is 35.1 Å². The fourth-order valence-corrected chi connectivity index (χ4v) is 2.77. The Morgan fingerprint density at radius 2 is 1.05 bits per heavy atom. The van der Waals surface area contributed by atoms with Crippen LogP contribution >= 0.6 is 0 Å². The van der Waals surface area contributed by atoms with Crippen molar-refractivity contribution in [1.82, 2.24) is 9.97 Å². The maximum atomic E-state index is 11.8. The minimum atomic E-state index is -1.04. The second-order valence-corrected chi connectivity index (χ2v) is 6.19. The summed E-state index contributed by atoms with van der Waals surface area (Å²) in [5, 5.41) is 0. The molecule has 3 rings (SSSR count). The summed E-state index contributed by atoms with van der Waals surface area (Å²) >= 11 is 0. The number of aromatic nitrogens is 2. The second kappa shape index (κ2) is 4.80. The third-order valence-electron chi connectivity index (χ3n) is 3.96. The zero-order chi connectivity index (χ0) is 16.2. The summed E-state index contributed by atoms with van der Waals surface area (Å²) in [6, 6.07) is 3.81. The lowest BCUT2D eigenvalue weighted by molar-refractivity contribution is 0.792. The van der Waals surface area contributed by atoms with E-state index in [2.05, 4.69) is 37.7 Å². The molecule has 1 heterocycles. The van der Waals surface area contributed by atoms with Crippen LogP contribution in [0, 0.1) is 0 Å². The summed E-state index contributed by atoms with van der Waals surface area (Å²) in [6.07, 6.45) is 0. The molecule has 0 unspecified atom stereocenters. The van der Waals surface area contributed by atoms with Gasteiger partial charge in [0.25, 0.3) is 16.3 Å². The quantitative estimate of drug-likeness (QED) is 0.676. The maximum Gasteiger partial charge on any atom is 0.277 e. The molecule has 1 aromatic heterocycles. The molecule has 0 atom stereocenters. The standard InChI is InChI=1S/C17H16N2O3/c1-7(2)9-5-11-12(6-10(9)8(3)4)19-14-13(18-11)15(20)17(22)16(14)21/h5-8H,1-4H3. The van der Waals surface area contributed by atoms with Gasteiger partial charge in [-0.2, -0.15) is 0 Å². The molecule has 0 aliphatic heterocycles. The van der Waals surface area contributed by atoms with Crippen molar-refractivity contribution in [3.63, 3.8) is 0 Å². The second-order valence-electron chi connectivity index (χ2n) is 6.19. The van der Waals surface area contributed by atoms with Crippen molar-refractivity contribution in [1.29, 1.82) is 0 Å². The van der Waals surface area contributed by atoms with E-state index >= 15 is 0 Å². The van der Waals surface area contributed by atoms with E-state index < -0.39 is 16.3 Å². The van der Waals surface area contributed by atoms with Crippen molar-refractivity contribution >= 4 is 22.1 Å². The van der Waals surface area contributed by atoms with Crippen LogP contribution in [-0.4, -0.2) is 9.97 Å². The number of benzene rings is 1. The first kappa shape index (κ1) is 14.5. The topological polar surface area (TPSA) is 77.0 Å². The molecule has 0 bridgehead atoms. The van der Waals surface area contributed by atoms with E-state index in [1.54, 1.807) is 0 Å². The van der Waals surface area contributed by atoms with Crippen molar-refractivity contribution < 1.29 is 0 Å². The Balaban J connectivity index is 2.49. The third kappa shape index (κ3) is 1.96. The molecule has 0 N–H and O–H groups in total. The van der Waals surface area contributed by atoms with Crippen LogP contribution in [0.5, 0.6) is 0 Å². The van der Waals surface area contributed by atoms with Crippen LogP contribution < -0.4 is 16.3 Å². The minimum absolute atomic E-state index is 0.116. The molecule has 0 fully saturated rings. The van der Waals surface area contributed by atoms with E-state index in [0.717, 1.165) is 11.1 Å². The number of nitrogens with zero attached hydrogens (tertiary/aromatic N) is 2. The molecule has 112 valence electrons. The third-order valence-corrected chi connectivity index (χ3v) is 3.96. The summed E-state index contributed by atoms with van der Waals surface area (Å²) in [5.74, 6) is 0.603. The van der Waals surface area contributed by atoms with Gasteiger partial charge in [-0.1, -0.05) is 27.7 Å². The van der Waals surface area contributed by atoms with Crippen LogP contribution in [0.4, 0.5) is 0 Å². The zero-order valence-electron chi connectivity index (χ0n) is 12.9. The van der Waals surface area contributed by atoms with Gasteiger partial charge in [0, 0.05) is 0 Å². The monoisotopic (exact) mass is 296 g/mol. The van der Waals surface area contributed by atoms with Gasteiger partial charge in [0.2, 0.25) is 0 Å². The van der Waals surface area contributed by atoms with E-state index in [-0.39, 0.29) is 11.0 Å². The van der Waals surface area contributed by atoms with Gasteiger partial charge in [0.05, 0.1) is 11.0 Å². The summed E-state index contributed by atoms with van der Waals surface area (Å²) < 4.78 is 0. The number of hydrogen-bond acceptors (Lipinski definition) is 5. The molecule has 5 nitrogen and oxygen atoms in total. The molecular weight excluding hydrogens is 280 g/mol. The molecule has 0 aliphatic carbocycles. The van der Waals surface area contributed by atoms with Crippen molar-refractivity contribution in [3.05, 3.63) is 53.9 Å². The Morgan fingerprint density at radius 1 is 0.682 bits per heavy atom. The smallest absolute Gasteiger partial charge is 0.277 e. The number of rotatable bonds is 2.